The number of carbonyl (C=O) groups is 2. The van der Waals surface area contributed by atoms with Gasteiger partial charge in [0.1, 0.15) is 0 Å². The number of aromatic nitrogens is 1. The van der Waals surface area contributed by atoms with Crippen molar-refractivity contribution in [2.75, 3.05) is 10.6 Å². The number of rotatable bonds is 4. The first-order valence-corrected chi connectivity index (χ1v) is 9.92. The molecular formula is C20H15N3O2S2. The topological polar surface area (TPSA) is 71.1 Å². The van der Waals surface area contributed by atoms with Crippen molar-refractivity contribution in [3.8, 4) is 0 Å². The minimum atomic E-state index is -0.265. The lowest BCUT2D eigenvalue weighted by Crippen LogP contribution is -2.14. The second kappa shape index (κ2) is 7.30. The summed E-state index contributed by atoms with van der Waals surface area (Å²) in [6.45, 7) is 1.99. The summed E-state index contributed by atoms with van der Waals surface area (Å²) in [5.41, 5.74) is 2.99. The molecule has 0 fully saturated rings. The Labute approximate surface area is 163 Å². The van der Waals surface area contributed by atoms with E-state index in [4.69, 9.17) is 0 Å². The van der Waals surface area contributed by atoms with Crippen molar-refractivity contribution >= 4 is 55.5 Å². The molecule has 2 aromatic heterocycles. The lowest BCUT2D eigenvalue weighted by atomic mass is 10.2. The molecule has 0 radical (unpaired) electrons. The second-order valence-corrected chi connectivity index (χ2v) is 7.89. The summed E-state index contributed by atoms with van der Waals surface area (Å²) in [5.74, 6) is -0.455. The van der Waals surface area contributed by atoms with Crippen LogP contribution in [0.15, 0.2) is 60.0 Å². The number of nitrogens with zero attached hydrogens (tertiary/aromatic N) is 1. The molecule has 0 aliphatic carbocycles. The van der Waals surface area contributed by atoms with E-state index in [1.165, 1.54) is 22.7 Å². The van der Waals surface area contributed by atoms with Gasteiger partial charge in [-0.05, 0) is 48.2 Å². The van der Waals surface area contributed by atoms with Gasteiger partial charge >= 0.3 is 0 Å². The van der Waals surface area contributed by atoms with Crippen LogP contribution >= 0.6 is 22.7 Å². The molecule has 7 heteroatoms. The number of carbonyl (C=O) groups excluding carboxylic acids is 2. The largest absolute Gasteiger partial charge is 0.321 e. The molecule has 2 aromatic carbocycles. The van der Waals surface area contributed by atoms with E-state index in [9.17, 15) is 9.59 Å². The third-order valence-corrected chi connectivity index (χ3v) is 5.77. The Kier molecular flexibility index (Phi) is 4.70. The van der Waals surface area contributed by atoms with E-state index >= 15 is 0 Å². The molecule has 5 nitrogen and oxygen atoms in total. The number of para-hydroxylation sites is 1. The maximum Gasteiger partial charge on any atom is 0.265 e. The van der Waals surface area contributed by atoms with Crippen LogP contribution in [-0.4, -0.2) is 16.8 Å². The molecule has 4 rings (SSSR count). The third-order valence-electron chi connectivity index (χ3n) is 3.97. The number of fused-ring (bicyclic) bond motifs is 1. The number of hydrogen-bond donors (Lipinski definition) is 2. The van der Waals surface area contributed by atoms with Crippen LogP contribution in [0.2, 0.25) is 0 Å². The van der Waals surface area contributed by atoms with Gasteiger partial charge in [-0.15, -0.1) is 11.3 Å². The molecule has 2 N–H and O–H groups in total. The van der Waals surface area contributed by atoms with E-state index in [2.05, 4.69) is 15.6 Å². The fourth-order valence-electron chi connectivity index (χ4n) is 2.65. The second-order valence-electron chi connectivity index (χ2n) is 5.91. The highest BCUT2D eigenvalue weighted by Gasteiger charge is 2.13. The zero-order valence-electron chi connectivity index (χ0n) is 14.4. The Balaban J connectivity index is 1.51. The number of thiazole rings is 1. The molecule has 0 saturated carbocycles. The highest BCUT2D eigenvalue weighted by Crippen LogP contribution is 2.28. The Morgan fingerprint density at radius 3 is 2.59 bits per heavy atom. The van der Waals surface area contributed by atoms with Gasteiger partial charge in [-0.3, -0.25) is 14.9 Å². The van der Waals surface area contributed by atoms with Gasteiger partial charge in [0, 0.05) is 11.3 Å². The molecule has 0 aliphatic rings. The van der Waals surface area contributed by atoms with Crippen molar-refractivity contribution in [1.29, 1.82) is 0 Å². The summed E-state index contributed by atoms with van der Waals surface area (Å²) >= 11 is 2.80. The summed E-state index contributed by atoms with van der Waals surface area (Å²) in [6.07, 6.45) is 0. The van der Waals surface area contributed by atoms with Crippen molar-refractivity contribution in [3.05, 3.63) is 76.0 Å². The van der Waals surface area contributed by atoms with Gasteiger partial charge in [-0.2, -0.15) is 0 Å². The zero-order chi connectivity index (χ0) is 18.8. The van der Waals surface area contributed by atoms with Crippen LogP contribution in [0, 0.1) is 6.92 Å². The van der Waals surface area contributed by atoms with Gasteiger partial charge in [0.2, 0.25) is 0 Å². The Morgan fingerprint density at radius 1 is 0.963 bits per heavy atom. The molecule has 2 amide bonds. The Bertz CT molecular complexity index is 1130. The molecular weight excluding hydrogens is 378 g/mol. The van der Waals surface area contributed by atoms with E-state index in [0.29, 0.717) is 21.3 Å². The lowest BCUT2D eigenvalue weighted by molar-refractivity contribution is 0.101. The zero-order valence-corrected chi connectivity index (χ0v) is 16.0. The average molecular weight is 393 g/mol. The van der Waals surface area contributed by atoms with Gasteiger partial charge in [-0.1, -0.05) is 35.6 Å². The fraction of sp³-hybridized carbons (Fsp3) is 0.0500. The first-order valence-electron chi connectivity index (χ1n) is 8.22. The van der Waals surface area contributed by atoms with E-state index in [-0.39, 0.29) is 11.8 Å². The molecule has 0 unspecified atom stereocenters. The number of anilines is 2. The Morgan fingerprint density at radius 2 is 1.81 bits per heavy atom. The van der Waals surface area contributed by atoms with E-state index in [1.54, 1.807) is 30.3 Å². The molecule has 27 heavy (non-hydrogen) atoms. The number of hydrogen-bond acceptors (Lipinski definition) is 5. The maximum atomic E-state index is 12.6. The van der Waals surface area contributed by atoms with Crippen molar-refractivity contribution in [2.24, 2.45) is 0 Å². The van der Waals surface area contributed by atoms with E-state index < -0.39 is 0 Å². The van der Waals surface area contributed by atoms with E-state index in [0.717, 1.165) is 15.8 Å². The van der Waals surface area contributed by atoms with Crippen LogP contribution in [0.25, 0.3) is 10.2 Å². The first kappa shape index (κ1) is 17.4. The van der Waals surface area contributed by atoms with Crippen LogP contribution < -0.4 is 10.6 Å². The van der Waals surface area contributed by atoms with Gasteiger partial charge in [0.25, 0.3) is 11.8 Å². The minimum absolute atomic E-state index is 0.191. The van der Waals surface area contributed by atoms with Crippen LogP contribution in [-0.2, 0) is 0 Å². The van der Waals surface area contributed by atoms with Crippen molar-refractivity contribution in [1.82, 2.24) is 4.98 Å². The predicted octanol–water partition coefficient (Wildman–Crippen LogP) is 5.17. The van der Waals surface area contributed by atoms with Crippen molar-refractivity contribution in [3.63, 3.8) is 0 Å². The monoisotopic (exact) mass is 393 g/mol. The molecule has 4 aromatic rings. The molecule has 2 heterocycles. The van der Waals surface area contributed by atoms with Gasteiger partial charge < -0.3 is 5.32 Å². The standard InChI is InChI=1S/C20H15N3O2S2/c1-12-5-2-8-15-17(12)22-20(27-15)23-18(24)13-6-3-7-14(11-13)21-19(25)16-9-4-10-26-16/h2-11H,1H3,(H,21,25)(H,22,23,24). The highest BCUT2D eigenvalue weighted by molar-refractivity contribution is 7.22. The number of aryl methyl sites for hydroxylation is 1. The lowest BCUT2D eigenvalue weighted by Gasteiger charge is -2.06. The van der Waals surface area contributed by atoms with Crippen LogP contribution in [0.1, 0.15) is 25.6 Å². The summed E-state index contributed by atoms with van der Waals surface area (Å²) in [4.78, 5) is 29.9. The quantitative estimate of drug-likeness (QED) is 0.502. The average Bonchev–Trinajstić information content (AvgIpc) is 3.32. The summed E-state index contributed by atoms with van der Waals surface area (Å²) in [5, 5.41) is 8.05. The predicted molar refractivity (Wildman–Crippen MR) is 111 cm³/mol. The van der Waals surface area contributed by atoms with Crippen molar-refractivity contribution < 1.29 is 9.59 Å². The molecule has 0 spiro atoms. The van der Waals surface area contributed by atoms with E-state index in [1.807, 2.05) is 36.6 Å². The van der Waals surface area contributed by atoms with Crippen molar-refractivity contribution in [2.45, 2.75) is 6.92 Å². The smallest absolute Gasteiger partial charge is 0.265 e. The molecule has 0 atom stereocenters. The fourth-order valence-corrected chi connectivity index (χ4v) is 4.21. The molecule has 0 aliphatic heterocycles. The summed E-state index contributed by atoms with van der Waals surface area (Å²) in [7, 11) is 0. The number of benzene rings is 2. The SMILES string of the molecule is Cc1cccc2sc(NC(=O)c3cccc(NC(=O)c4cccs4)c3)nc12. The third kappa shape index (κ3) is 3.74. The van der Waals surface area contributed by atoms with Crippen LogP contribution in [0.4, 0.5) is 10.8 Å². The van der Waals surface area contributed by atoms with Gasteiger partial charge in [0.15, 0.2) is 5.13 Å². The normalized spacial score (nSPS) is 10.7. The summed E-state index contributed by atoms with van der Waals surface area (Å²) in [6, 6.07) is 16.4. The minimum Gasteiger partial charge on any atom is -0.321 e. The van der Waals surface area contributed by atoms with Gasteiger partial charge in [0.05, 0.1) is 15.1 Å². The van der Waals surface area contributed by atoms with Crippen LogP contribution in [0.3, 0.4) is 0 Å². The number of thiophene rings is 1. The molecule has 0 saturated heterocycles. The number of nitrogens with one attached hydrogen (secondary N) is 2. The molecule has 0 bridgehead atoms. The summed E-state index contributed by atoms with van der Waals surface area (Å²) < 4.78 is 1.03. The van der Waals surface area contributed by atoms with Crippen LogP contribution in [0.5, 0.6) is 0 Å². The van der Waals surface area contributed by atoms with Gasteiger partial charge in [-0.25, -0.2) is 4.98 Å². The molecule has 134 valence electrons. The number of amides is 2. The Hall–Kier alpha value is -3.03. The first-order chi connectivity index (χ1) is 13.1. The highest BCUT2D eigenvalue weighted by atomic mass is 32.1. The maximum absolute atomic E-state index is 12.6.